The molecule has 0 atom stereocenters. The summed E-state index contributed by atoms with van der Waals surface area (Å²) in [5.74, 6) is 0.293. The van der Waals surface area contributed by atoms with Gasteiger partial charge in [0.05, 0.1) is 12.1 Å². The van der Waals surface area contributed by atoms with Crippen molar-refractivity contribution in [2.24, 2.45) is 0 Å². The molecule has 31 heavy (non-hydrogen) atoms. The summed E-state index contributed by atoms with van der Waals surface area (Å²) in [4.78, 5) is 12.5. The fourth-order valence-electron chi connectivity index (χ4n) is 2.77. The number of rotatable bonds is 7. The number of hydrogen-bond donors (Lipinski definition) is 1. The van der Waals surface area contributed by atoms with E-state index in [2.05, 4.69) is 27.9 Å². The maximum atomic E-state index is 12.5. The van der Waals surface area contributed by atoms with Crippen LogP contribution < -0.4 is 14.8 Å². The molecule has 3 aromatic carbocycles. The number of nitrogens with one attached hydrogen (secondary N) is 1. The predicted octanol–water partition coefficient (Wildman–Crippen LogP) is 6.08. The standard InChI is InChI=1S/C24H18ClIN2O3/c1-30-22-12-17(11-21(25)23(22)31-15-16-6-3-2-4-7-16)10-18(14-27)24(29)28-20-9-5-8-19(26)13-20/h2-13H,15H2,1H3,(H,28,29)/b18-10+. The Morgan fingerprint density at radius 3 is 2.61 bits per heavy atom. The van der Waals surface area contributed by atoms with Crippen LogP contribution in [0.2, 0.25) is 5.02 Å². The molecule has 0 heterocycles. The van der Waals surface area contributed by atoms with Crippen molar-refractivity contribution < 1.29 is 14.3 Å². The summed E-state index contributed by atoms with van der Waals surface area (Å²) >= 11 is 8.57. The van der Waals surface area contributed by atoms with Gasteiger partial charge in [0.15, 0.2) is 11.5 Å². The lowest BCUT2D eigenvalue weighted by Gasteiger charge is -2.13. The summed E-state index contributed by atoms with van der Waals surface area (Å²) in [6, 6.07) is 22.2. The first kappa shape index (κ1) is 22.7. The summed E-state index contributed by atoms with van der Waals surface area (Å²) < 4.78 is 12.2. The predicted molar refractivity (Wildman–Crippen MR) is 130 cm³/mol. The van der Waals surface area contributed by atoms with Gasteiger partial charge in [-0.3, -0.25) is 4.79 Å². The SMILES string of the molecule is COc1cc(/C=C(\C#N)C(=O)Nc2cccc(I)c2)cc(Cl)c1OCc1ccccc1. The normalized spacial score (nSPS) is 10.8. The Labute approximate surface area is 199 Å². The molecule has 0 radical (unpaired) electrons. The summed E-state index contributed by atoms with van der Waals surface area (Å²) in [5.41, 5.74) is 2.08. The first-order chi connectivity index (χ1) is 15.0. The van der Waals surface area contributed by atoms with Crippen molar-refractivity contribution in [3.8, 4) is 17.6 Å². The molecule has 156 valence electrons. The monoisotopic (exact) mass is 544 g/mol. The smallest absolute Gasteiger partial charge is 0.266 e. The van der Waals surface area contributed by atoms with E-state index in [0.29, 0.717) is 34.4 Å². The van der Waals surface area contributed by atoms with E-state index in [4.69, 9.17) is 21.1 Å². The van der Waals surface area contributed by atoms with Crippen LogP contribution in [0.3, 0.4) is 0 Å². The number of anilines is 1. The van der Waals surface area contributed by atoms with Gasteiger partial charge in [0.2, 0.25) is 0 Å². The maximum Gasteiger partial charge on any atom is 0.266 e. The lowest BCUT2D eigenvalue weighted by molar-refractivity contribution is -0.112. The Morgan fingerprint density at radius 1 is 1.16 bits per heavy atom. The van der Waals surface area contributed by atoms with E-state index in [-0.39, 0.29) is 5.57 Å². The minimum Gasteiger partial charge on any atom is -0.493 e. The molecule has 1 N–H and O–H groups in total. The second kappa shape index (κ2) is 10.8. The molecule has 0 unspecified atom stereocenters. The number of nitrogens with zero attached hydrogens (tertiary/aromatic N) is 1. The highest BCUT2D eigenvalue weighted by molar-refractivity contribution is 14.1. The highest BCUT2D eigenvalue weighted by Gasteiger charge is 2.14. The Hall–Kier alpha value is -3.02. The summed E-state index contributed by atoms with van der Waals surface area (Å²) in [6.07, 6.45) is 1.46. The lowest BCUT2D eigenvalue weighted by Crippen LogP contribution is -2.13. The number of amides is 1. The summed E-state index contributed by atoms with van der Waals surface area (Å²) in [6.45, 7) is 0.327. The minimum atomic E-state index is -0.510. The molecule has 0 saturated heterocycles. The molecule has 0 saturated carbocycles. The van der Waals surface area contributed by atoms with Gasteiger partial charge < -0.3 is 14.8 Å². The van der Waals surface area contributed by atoms with Crippen LogP contribution in [0.4, 0.5) is 5.69 Å². The van der Waals surface area contributed by atoms with Gasteiger partial charge in [-0.2, -0.15) is 5.26 Å². The van der Waals surface area contributed by atoms with Gasteiger partial charge in [0.25, 0.3) is 5.91 Å². The van der Waals surface area contributed by atoms with E-state index in [1.807, 2.05) is 54.6 Å². The third-order valence-electron chi connectivity index (χ3n) is 4.24. The fourth-order valence-corrected chi connectivity index (χ4v) is 3.59. The van der Waals surface area contributed by atoms with E-state index in [9.17, 15) is 10.1 Å². The molecule has 7 heteroatoms. The van der Waals surface area contributed by atoms with Gasteiger partial charge >= 0.3 is 0 Å². The molecule has 5 nitrogen and oxygen atoms in total. The minimum absolute atomic E-state index is 0.0602. The lowest BCUT2D eigenvalue weighted by atomic mass is 10.1. The summed E-state index contributed by atoms with van der Waals surface area (Å²) in [5, 5.41) is 12.5. The molecule has 0 aliphatic heterocycles. The molecule has 0 fully saturated rings. The Balaban J connectivity index is 1.82. The second-order valence-corrected chi connectivity index (χ2v) is 8.10. The molecule has 3 rings (SSSR count). The average Bonchev–Trinajstić information content (AvgIpc) is 2.77. The van der Waals surface area contributed by atoms with Crippen LogP contribution in [0.15, 0.2) is 72.3 Å². The third-order valence-corrected chi connectivity index (χ3v) is 5.19. The first-order valence-corrected chi connectivity index (χ1v) is 10.7. The van der Waals surface area contributed by atoms with Gasteiger partial charge in [-0.05, 0) is 70.1 Å². The first-order valence-electron chi connectivity index (χ1n) is 9.23. The second-order valence-electron chi connectivity index (χ2n) is 6.44. The van der Waals surface area contributed by atoms with Crippen molar-refractivity contribution in [3.05, 3.63) is 92.0 Å². The van der Waals surface area contributed by atoms with Crippen molar-refractivity contribution in [2.45, 2.75) is 6.61 Å². The van der Waals surface area contributed by atoms with Crippen LogP contribution in [0.25, 0.3) is 6.08 Å². The number of ether oxygens (including phenoxy) is 2. The van der Waals surface area contributed by atoms with Gasteiger partial charge in [-0.15, -0.1) is 0 Å². The van der Waals surface area contributed by atoms with Gasteiger partial charge in [-0.1, -0.05) is 48.0 Å². The van der Waals surface area contributed by atoms with Crippen LogP contribution >= 0.6 is 34.2 Å². The molecule has 0 aliphatic carbocycles. The van der Waals surface area contributed by atoms with Crippen LogP contribution in [-0.4, -0.2) is 13.0 Å². The number of methoxy groups -OCH3 is 1. The van der Waals surface area contributed by atoms with E-state index >= 15 is 0 Å². The largest absolute Gasteiger partial charge is 0.493 e. The van der Waals surface area contributed by atoms with Crippen molar-refractivity contribution in [1.29, 1.82) is 5.26 Å². The van der Waals surface area contributed by atoms with Crippen molar-refractivity contribution in [2.75, 3.05) is 12.4 Å². The van der Waals surface area contributed by atoms with E-state index < -0.39 is 5.91 Å². The zero-order valence-corrected chi connectivity index (χ0v) is 19.5. The van der Waals surface area contributed by atoms with Crippen molar-refractivity contribution >= 4 is 51.9 Å². The maximum absolute atomic E-state index is 12.5. The number of hydrogen-bond acceptors (Lipinski definition) is 4. The van der Waals surface area contributed by atoms with Crippen LogP contribution in [0, 0.1) is 14.9 Å². The molecule has 0 bridgehead atoms. The zero-order valence-electron chi connectivity index (χ0n) is 16.6. The van der Waals surface area contributed by atoms with Crippen molar-refractivity contribution in [3.63, 3.8) is 0 Å². The molecular formula is C24H18ClIN2O3. The Morgan fingerprint density at radius 2 is 1.94 bits per heavy atom. The van der Waals surface area contributed by atoms with Crippen LogP contribution in [0.1, 0.15) is 11.1 Å². The highest BCUT2D eigenvalue weighted by Crippen LogP contribution is 2.37. The number of nitriles is 1. The topological polar surface area (TPSA) is 71.3 Å². The molecule has 0 aromatic heterocycles. The Kier molecular flexibility index (Phi) is 7.93. The van der Waals surface area contributed by atoms with Crippen LogP contribution in [-0.2, 0) is 11.4 Å². The average molecular weight is 545 g/mol. The van der Waals surface area contributed by atoms with Crippen LogP contribution in [0.5, 0.6) is 11.5 Å². The quantitative estimate of drug-likeness (QED) is 0.222. The fraction of sp³-hybridized carbons (Fsp3) is 0.0833. The number of benzene rings is 3. The molecule has 3 aromatic rings. The summed E-state index contributed by atoms with van der Waals surface area (Å²) in [7, 11) is 1.50. The van der Waals surface area contributed by atoms with E-state index in [1.165, 1.54) is 13.2 Å². The molecule has 0 aliphatic rings. The van der Waals surface area contributed by atoms with Gasteiger partial charge in [0, 0.05) is 9.26 Å². The number of carbonyl (C=O) groups is 1. The number of halogens is 2. The number of carbonyl (C=O) groups excluding carboxylic acids is 1. The zero-order chi connectivity index (χ0) is 22.2. The molecule has 0 spiro atoms. The highest BCUT2D eigenvalue weighted by atomic mass is 127. The Bertz CT molecular complexity index is 1160. The van der Waals surface area contributed by atoms with E-state index in [1.54, 1.807) is 18.2 Å². The van der Waals surface area contributed by atoms with Crippen molar-refractivity contribution in [1.82, 2.24) is 0 Å². The molecular weight excluding hydrogens is 527 g/mol. The van der Waals surface area contributed by atoms with Gasteiger partial charge in [0.1, 0.15) is 18.2 Å². The third kappa shape index (κ3) is 6.23. The van der Waals surface area contributed by atoms with Gasteiger partial charge in [-0.25, -0.2) is 0 Å². The molecule has 1 amide bonds. The van der Waals surface area contributed by atoms with E-state index in [0.717, 1.165) is 9.13 Å².